The molecule has 0 saturated heterocycles. The zero-order valence-electron chi connectivity index (χ0n) is 12.8. The van der Waals surface area contributed by atoms with E-state index in [9.17, 15) is 0 Å². The quantitative estimate of drug-likeness (QED) is 0.757. The molecule has 0 spiro atoms. The number of anilines is 2. The van der Waals surface area contributed by atoms with Gasteiger partial charge in [0, 0.05) is 13.6 Å². The lowest BCUT2D eigenvalue weighted by Gasteiger charge is -2.12. The molecule has 0 aromatic carbocycles. The maximum absolute atomic E-state index is 5.80. The highest BCUT2D eigenvalue weighted by atomic mass is 16.5. The van der Waals surface area contributed by atoms with E-state index in [0.29, 0.717) is 18.2 Å². The van der Waals surface area contributed by atoms with Crippen LogP contribution in [0.2, 0.25) is 0 Å². The van der Waals surface area contributed by atoms with Crippen LogP contribution in [-0.2, 0) is 13.7 Å². The van der Waals surface area contributed by atoms with Gasteiger partial charge in [0.25, 0.3) is 0 Å². The first-order valence-corrected chi connectivity index (χ1v) is 7.09. The van der Waals surface area contributed by atoms with Gasteiger partial charge in [-0.25, -0.2) is 4.98 Å². The van der Waals surface area contributed by atoms with E-state index in [4.69, 9.17) is 10.5 Å². The summed E-state index contributed by atoms with van der Waals surface area (Å²) in [4.78, 5) is 8.18. The third kappa shape index (κ3) is 4.08. The zero-order chi connectivity index (χ0) is 15.2. The standard InChI is InChI=1S/C14H22N6O/c1-4-5-6-16-13-12(8-17-14(15)18-13)21-9-11-7-10(2)19-20(11)3/h7-8H,4-6,9H2,1-3H3,(H3,15,16,17,18). The monoisotopic (exact) mass is 290 g/mol. The van der Waals surface area contributed by atoms with Gasteiger partial charge in [0.2, 0.25) is 5.95 Å². The van der Waals surface area contributed by atoms with E-state index in [0.717, 1.165) is 30.8 Å². The molecule has 0 aliphatic rings. The maximum atomic E-state index is 5.80. The number of nitrogens with zero attached hydrogens (tertiary/aromatic N) is 4. The van der Waals surface area contributed by atoms with Gasteiger partial charge in [-0.05, 0) is 19.4 Å². The molecule has 0 fully saturated rings. The lowest BCUT2D eigenvalue weighted by Crippen LogP contribution is -2.09. The maximum Gasteiger partial charge on any atom is 0.222 e. The summed E-state index contributed by atoms with van der Waals surface area (Å²) in [5.74, 6) is 1.46. The lowest BCUT2D eigenvalue weighted by atomic mass is 10.3. The highest BCUT2D eigenvalue weighted by Gasteiger charge is 2.09. The van der Waals surface area contributed by atoms with Crippen molar-refractivity contribution in [1.82, 2.24) is 19.7 Å². The van der Waals surface area contributed by atoms with Crippen molar-refractivity contribution >= 4 is 11.8 Å². The van der Waals surface area contributed by atoms with Crippen LogP contribution in [0.3, 0.4) is 0 Å². The Bertz CT molecular complexity index is 595. The largest absolute Gasteiger partial charge is 0.482 e. The number of nitrogens with two attached hydrogens (primary N) is 1. The van der Waals surface area contributed by atoms with E-state index in [-0.39, 0.29) is 5.95 Å². The van der Waals surface area contributed by atoms with Crippen molar-refractivity contribution in [2.24, 2.45) is 7.05 Å². The molecule has 2 rings (SSSR count). The van der Waals surface area contributed by atoms with Crippen LogP contribution in [0.4, 0.5) is 11.8 Å². The Labute approximate surface area is 124 Å². The van der Waals surface area contributed by atoms with Crippen LogP contribution in [0.5, 0.6) is 5.75 Å². The number of nitrogen functional groups attached to an aromatic ring is 1. The molecular formula is C14H22N6O. The fourth-order valence-corrected chi connectivity index (χ4v) is 1.95. The number of unbranched alkanes of at least 4 members (excludes halogenated alkanes) is 1. The molecule has 0 radical (unpaired) electrons. The van der Waals surface area contributed by atoms with Crippen molar-refractivity contribution in [1.29, 1.82) is 0 Å². The zero-order valence-corrected chi connectivity index (χ0v) is 12.8. The third-order valence-electron chi connectivity index (χ3n) is 3.07. The molecule has 2 heterocycles. The average Bonchev–Trinajstić information content (AvgIpc) is 2.76. The predicted octanol–water partition coefficient (Wildman–Crippen LogP) is 1.89. The number of aryl methyl sites for hydroxylation is 2. The summed E-state index contributed by atoms with van der Waals surface area (Å²) >= 11 is 0. The molecule has 0 amide bonds. The van der Waals surface area contributed by atoms with E-state index < -0.39 is 0 Å². The lowest BCUT2D eigenvalue weighted by molar-refractivity contribution is 0.294. The van der Waals surface area contributed by atoms with Crippen LogP contribution in [0.15, 0.2) is 12.3 Å². The van der Waals surface area contributed by atoms with Crippen LogP contribution in [0.1, 0.15) is 31.2 Å². The number of ether oxygens (including phenoxy) is 1. The first kappa shape index (κ1) is 15.1. The summed E-state index contributed by atoms with van der Waals surface area (Å²) in [5, 5.41) is 7.52. The van der Waals surface area contributed by atoms with Gasteiger partial charge in [0.05, 0.1) is 17.6 Å². The highest BCUT2D eigenvalue weighted by Crippen LogP contribution is 2.22. The summed E-state index contributed by atoms with van der Waals surface area (Å²) in [6, 6.07) is 1.99. The molecule has 2 aromatic heterocycles. The van der Waals surface area contributed by atoms with E-state index in [1.165, 1.54) is 0 Å². The molecule has 0 saturated carbocycles. The smallest absolute Gasteiger partial charge is 0.222 e. The van der Waals surface area contributed by atoms with Crippen molar-refractivity contribution in [3.63, 3.8) is 0 Å². The summed E-state index contributed by atoms with van der Waals surface area (Å²) in [6.45, 7) is 5.33. The predicted molar refractivity (Wildman–Crippen MR) is 82.1 cm³/mol. The molecule has 2 aromatic rings. The minimum Gasteiger partial charge on any atom is -0.482 e. The van der Waals surface area contributed by atoms with Gasteiger partial charge in [-0.3, -0.25) is 4.68 Å². The van der Waals surface area contributed by atoms with E-state index in [2.05, 4.69) is 27.3 Å². The number of aromatic nitrogens is 4. The van der Waals surface area contributed by atoms with Crippen molar-refractivity contribution in [3.05, 3.63) is 23.7 Å². The van der Waals surface area contributed by atoms with Crippen LogP contribution in [0, 0.1) is 6.92 Å². The average molecular weight is 290 g/mol. The van der Waals surface area contributed by atoms with E-state index in [1.807, 2.05) is 20.0 Å². The molecule has 0 atom stereocenters. The molecule has 0 aliphatic carbocycles. The Hall–Kier alpha value is -2.31. The van der Waals surface area contributed by atoms with Crippen LogP contribution in [0.25, 0.3) is 0 Å². The van der Waals surface area contributed by atoms with Gasteiger partial charge in [-0.1, -0.05) is 13.3 Å². The minimum absolute atomic E-state index is 0.234. The third-order valence-corrected chi connectivity index (χ3v) is 3.07. The number of rotatable bonds is 7. The summed E-state index contributed by atoms with van der Waals surface area (Å²) in [7, 11) is 1.89. The van der Waals surface area contributed by atoms with Crippen LogP contribution < -0.4 is 15.8 Å². The Balaban J connectivity index is 2.06. The van der Waals surface area contributed by atoms with Gasteiger partial charge < -0.3 is 15.8 Å². The Morgan fingerprint density at radius 3 is 2.90 bits per heavy atom. The second-order valence-corrected chi connectivity index (χ2v) is 4.91. The molecule has 0 aliphatic heterocycles. The van der Waals surface area contributed by atoms with Gasteiger partial charge >= 0.3 is 0 Å². The molecule has 0 unspecified atom stereocenters. The Kier molecular flexibility index (Phi) is 4.97. The molecule has 3 N–H and O–H groups in total. The van der Waals surface area contributed by atoms with Crippen molar-refractivity contribution in [2.75, 3.05) is 17.6 Å². The second kappa shape index (κ2) is 6.92. The second-order valence-electron chi connectivity index (χ2n) is 4.91. The SMILES string of the molecule is CCCCNc1nc(N)ncc1OCc1cc(C)nn1C. The summed E-state index contributed by atoms with van der Waals surface area (Å²) in [6.07, 6.45) is 3.77. The van der Waals surface area contributed by atoms with Crippen LogP contribution in [-0.4, -0.2) is 26.3 Å². The molecule has 0 bridgehead atoms. The topological polar surface area (TPSA) is 90.9 Å². The van der Waals surface area contributed by atoms with E-state index in [1.54, 1.807) is 10.9 Å². The number of nitrogens with one attached hydrogen (secondary N) is 1. The molecular weight excluding hydrogens is 268 g/mol. The van der Waals surface area contributed by atoms with Gasteiger partial charge in [0.15, 0.2) is 11.6 Å². The van der Waals surface area contributed by atoms with Gasteiger partial charge in [-0.15, -0.1) is 0 Å². The first-order valence-electron chi connectivity index (χ1n) is 7.09. The Morgan fingerprint density at radius 2 is 2.24 bits per heavy atom. The number of hydrogen-bond donors (Lipinski definition) is 2. The molecule has 7 heteroatoms. The highest BCUT2D eigenvalue weighted by molar-refractivity contribution is 5.51. The fraction of sp³-hybridized carbons (Fsp3) is 0.500. The molecule has 114 valence electrons. The minimum atomic E-state index is 0.234. The number of hydrogen-bond acceptors (Lipinski definition) is 6. The summed E-state index contributed by atoms with van der Waals surface area (Å²) < 4.78 is 7.60. The molecule has 7 nitrogen and oxygen atoms in total. The van der Waals surface area contributed by atoms with Gasteiger partial charge in [0.1, 0.15) is 6.61 Å². The van der Waals surface area contributed by atoms with Crippen molar-refractivity contribution in [2.45, 2.75) is 33.3 Å². The van der Waals surface area contributed by atoms with Crippen molar-refractivity contribution in [3.8, 4) is 5.75 Å². The van der Waals surface area contributed by atoms with Crippen LogP contribution >= 0.6 is 0 Å². The fourth-order valence-electron chi connectivity index (χ4n) is 1.95. The van der Waals surface area contributed by atoms with Crippen molar-refractivity contribution < 1.29 is 4.74 Å². The van der Waals surface area contributed by atoms with E-state index >= 15 is 0 Å². The van der Waals surface area contributed by atoms with Gasteiger partial charge in [-0.2, -0.15) is 10.1 Å². The normalized spacial score (nSPS) is 10.6. The summed E-state index contributed by atoms with van der Waals surface area (Å²) in [5.41, 5.74) is 7.59. The Morgan fingerprint density at radius 1 is 1.43 bits per heavy atom. The first-order chi connectivity index (χ1) is 10.1. The molecule has 21 heavy (non-hydrogen) atoms.